The fraction of sp³-hybridized carbons (Fsp3) is 0.579. The highest BCUT2D eigenvalue weighted by Gasteiger charge is 2.25. The predicted molar refractivity (Wildman–Crippen MR) is 95.5 cm³/mol. The Hall–Kier alpha value is -2.08. The highest BCUT2D eigenvalue weighted by Crippen LogP contribution is 2.17. The molecule has 1 aromatic carbocycles. The zero-order chi connectivity index (χ0) is 18.1. The van der Waals surface area contributed by atoms with Gasteiger partial charge >= 0.3 is 5.97 Å². The van der Waals surface area contributed by atoms with Crippen LogP contribution in [0, 0.1) is 5.92 Å². The Labute approximate surface area is 149 Å². The Balaban J connectivity index is 1.71. The van der Waals surface area contributed by atoms with Crippen LogP contribution in [0.4, 0.5) is 0 Å². The maximum Gasteiger partial charge on any atom is 0.306 e. The number of piperidine rings is 1. The topological polar surface area (TPSA) is 78.9 Å². The van der Waals surface area contributed by atoms with Crippen molar-refractivity contribution in [1.29, 1.82) is 0 Å². The van der Waals surface area contributed by atoms with Crippen molar-refractivity contribution in [3.8, 4) is 5.75 Å². The van der Waals surface area contributed by atoms with Gasteiger partial charge in [0.05, 0.1) is 19.1 Å². The average Bonchev–Trinajstić information content (AvgIpc) is 2.61. The fourth-order valence-electron chi connectivity index (χ4n) is 2.88. The number of hydrogen-bond donors (Lipinski definition) is 2. The van der Waals surface area contributed by atoms with Crippen LogP contribution in [0.2, 0.25) is 0 Å². The third-order valence-electron chi connectivity index (χ3n) is 4.46. The minimum atomic E-state index is -0.731. The number of carboxylic acids is 1. The van der Waals surface area contributed by atoms with Crippen LogP contribution in [0.1, 0.15) is 38.2 Å². The first-order valence-electron chi connectivity index (χ1n) is 9.02. The van der Waals surface area contributed by atoms with Gasteiger partial charge in [0, 0.05) is 6.54 Å². The summed E-state index contributed by atoms with van der Waals surface area (Å²) in [5.74, 6) is -0.207. The second kappa shape index (κ2) is 10.0. The van der Waals surface area contributed by atoms with E-state index >= 15 is 0 Å². The van der Waals surface area contributed by atoms with E-state index in [1.54, 1.807) is 0 Å². The van der Waals surface area contributed by atoms with Gasteiger partial charge in [-0.25, -0.2) is 0 Å². The maximum absolute atomic E-state index is 12.1. The molecule has 0 spiro atoms. The number of hydrogen-bond acceptors (Lipinski definition) is 4. The summed E-state index contributed by atoms with van der Waals surface area (Å²) >= 11 is 0. The van der Waals surface area contributed by atoms with E-state index in [1.807, 2.05) is 29.2 Å². The maximum atomic E-state index is 12.1. The number of rotatable bonds is 9. The third kappa shape index (κ3) is 6.74. The van der Waals surface area contributed by atoms with Gasteiger partial charge in [-0.2, -0.15) is 0 Å². The molecule has 0 radical (unpaired) electrons. The highest BCUT2D eigenvalue weighted by atomic mass is 16.5. The van der Waals surface area contributed by atoms with Crippen molar-refractivity contribution >= 4 is 11.9 Å². The van der Waals surface area contributed by atoms with Crippen molar-refractivity contribution in [2.45, 2.75) is 39.2 Å². The molecule has 138 valence electrons. The van der Waals surface area contributed by atoms with Crippen molar-refractivity contribution in [3.63, 3.8) is 0 Å². The van der Waals surface area contributed by atoms with Gasteiger partial charge in [-0.05, 0) is 50.0 Å². The second-order valence-corrected chi connectivity index (χ2v) is 6.51. The molecule has 2 rings (SSSR count). The second-order valence-electron chi connectivity index (χ2n) is 6.51. The molecule has 1 aliphatic rings. The lowest BCUT2D eigenvalue weighted by Crippen LogP contribution is -2.42. The summed E-state index contributed by atoms with van der Waals surface area (Å²) in [6.45, 7) is 4.93. The quantitative estimate of drug-likeness (QED) is 0.670. The molecular weight excluding hydrogens is 320 g/mol. The number of carbonyl (C=O) groups is 2. The molecule has 0 aromatic heterocycles. The van der Waals surface area contributed by atoms with Crippen LogP contribution in [0.15, 0.2) is 24.3 Å². The molecule has 0 unspecified atom stereocenters. The lowest BCUT2D eigenvalue weighted by atomic mass is 9.97. The summed E-state index contributed by atoms with van der Waals surface area (Å²) in [6.07, 6.45) is 3.35. The lowest BCUT2D eigenvalue weighted by Gasteiger charge is -2.29. The van der Waals surface area contributed by atoms with Crippen molar-refractivity contribution in [2.24, 2.45) is 5.92 Å². The number of benzene rings is 1. The minimum Gasteiger partial charge on any atom is -0.494 e. The Kier molecular flexibility index (Phi) is 7.73. The smallest absolute Gasteiger partial charge is 0.306 e. The third-order valence-corrected chi connectivity index (χ3v) is 4.46. The minimum absolute atomic E-state index is 0.0360. The molecule has 1 heterocycles. The van der Waals surface area contributed by atoms with E-state index in [0.29, 0.717) is 45.6 Å². The van der Waals surface area contributed by atoms with E-state index in [0.717, 1.165) is 24.2 Å². The zero-order valence-corrected chi connectivity index (χ0v) is 14.9. The number of carboxylic acid groups (broad SMARTS) is 1. The molecule has 0 atom stereocenters. The summed E-state index contributed by atoms with van der Waals surface area (Å²) < 4.78 is 5.68. The molecule has 6 nitrogen and oxygen atoms in total. The Morgan fingerprint density at radius 2 is 2.08 bits per heavy atom. The van der Waals surface area contributed by atoms with E-state index in [4.69, 9.17) is 9.84 Å². The van der Waals surface area contributed by atoms with E-state index < -0.39 is 5.97 Å². The summed E-state index contributed by atoms with van der Waals surface area (Å²) in [5.41, 5.74) is 1.01. The van der Waals surface area contributed by atoms with E-state index in [2.05, 4.69) is 12.2 Å². The Morgan fingerprint density at radius 3 is 2.76 bits per heavy atom. The highest BCUT2D eigenvalue weighted by molar-refractivity contribution is 5.78. The van der Waals surface area contributed by atoms with Crippen LogP contribution in [-0.2, 0) is 16.1 Å². The molecule has 0 bridgehead atoms. The number of ether oxygens (including phenoxy) is 1. The van der Waals surface area contributed by atoms with Gasteiger partial charge in [0.25, 0.3) is 0 Å². The van der Waals surface area contributed by atoms with E-state index in [1.165, 1.54) is 0 Å². The molecule has 0 aliphatic carbocycles. The van der Waals surface area contributed by atoms with Crippen LogP contribution in [0.25, 0.3) is 0 Å². The number of carbonyl (C=O) groups excluding carboxylic acids is 1. The van der Waals surface area contributed by atoms with Crippen molar-refractivity contribution in [2.75, 3.05) is 26.2 Å². The van der Waals surface area contributed by atoms with Crippen LogP contribution in [-0.4, -0.2) is 48.1 Å². The summed E-state index contributed by atoms with van der Waals surface area (Å²) in [7, 11) is 0. The van der Waals surface area contributed by atoms with E-state index in [-0.39, 0.29) is 11.8 Å². The average molecular weight is 348 g/mol. The number of nitrogens with zero attached hydrogens (tertiary/aromatic N) is 1. The summed E-state index contributed by atoms with van der Waals surface area (Å²) in [5, 5.41) is 11.9. The number of likely N-dealkylation sites (tertiary alicyclic amines) is 1. The fourth-order valence-corrected chi connectivity index (χ4v) is 2.88. The molecule has 1 saturated heterocycles. The summed E-state index contributed by atoms with van der Waals surface area (Å²) in [6, 6.07) is 7.77. The summed E-state index contributed by atoms with van der Waals surface area (Å²) in [4.78, 5) is 25.1. The molecule has 2 N–H and O–H groups in total. The first-order valence-corrected chi connectivity index (χ1v) is 9.02. The van der Waals surface area contributed by atoms with Gasteiger partial charge in [-0.3, -0.25) is 14.5 Å². The molecule has 25 heavy (non-hydrogen) atoms. The van der Waals surface area contributed by atoms with Gasteiger partial charge in [-0.15, -0.1) is 0 Å². The predicted octanol–water partition coefficient (Wildman–Crippen LogP) is 2.28. The largest absolute Gasteiger partial charge is 0.494 e. The van der Waals surface area contributed by atoms with Gasteiger partial charge < -0.3 is 15.2 Å². The van der Waals surface area contributed by atoms with Gasteiger partial charge in [0.1, 0.15) is 5.75 Å². The standard InChI is InChI=1S/C19H28N2O4/c1-2-3-11-25-17-6-4-5-15(12-17)13-20-18(22)14-21-9-7-16(8-10-21)19(23)24/h4-6,12,16H,2-3,7-11,13-14H2,1H3,(H,20,22)(H,23,24). The van der Waals surface area contributed by atoms with Crippen LogP contribution < -0.4 is 10.1 Å². The van der Waals surface area contributed by atoms with Crippen LogP contribution >= 0.6 is 0 Å². The van der Waals surface area contributed by atoms with Crippen molar-refractivity contribution in [1.82, 2.24) is 10.2 Å². The van der Waals surface area contributed by atoms with Crippen LogP contribution in [0.3, 0.4) is 0 Å². The van der Waals surface area contributed by atoms with Crippen molar-refractivity contribution in [3.05, 3.63) is 29.8 Å². The zero-order valence-electron chi connectivity index (χ0n) is 14.9. The van der Waals surface area contributed by atoms with Gasteiger partial charge in [0.2, 0.25) is 5.91 Å². The number of aliphatic carboxylic acids is 1. The molecule has 0 saturated carbocycles. The molecule has 1 aromatic rings. The Bertz CT molecular complexity index is 568. The van der Waals surface area contributed by atoms with Crippen LogP contribution in [0.5, 0.6) is 5.75 Å². The first-order chi connectivity index (χ1) is 12.1. The van der Waals surface area contributed by atoms with Crippen molar-refractivity contribution < 1.29 is 19.4 Å². The Morgan fingerprint density at radius 1 is 1.32 bits per heavy atom. The van der Waals surface area contributed by atoms with E-state index in [9.17, 15) is 9.59 Å². The normalized spacial score (nSPS) is 15.7. The first kappa shape index (κ1) is 19.2. The molecule has 6 heteroatoms. The van der Waals surface area contributed by atoms with Gasteiger partial charge in [-0.1, -0.05) is 25.5 Å². The molecule has 1 fully saturated rings. The number of unbranched alkanes of at least 4 members (excludes halogenated alkanes) is 1. The molecule has 1 amide bonds. The number of nitrogens with one attached hydrogen (secondary N) is 1. The van der Waals surface area contributed by atoms with Gasteiger partial charge in [0.15, 0.2) is 0 Å². The SMILES string of the molecule is CCCCOc1cccc(CNC(=O)CN2CCC(C(=O)O)CC2)c1. The molecular formula is C19H28N2O4. The molecule has 1 aliphatic heterocycles. The monoisotopic (exact) mass is 348 g/mol. The lowest BCUT2D eigenvalue weighted by molar-refractivity contribution is -0.143. The number of amides is 1.